The van der Waals surface area contributed by atoms with Gasteiger partial charge in [-0.2, -0.15) is 4.98 Å². The molecule has 0 unspecified atom stereocenters. The number of thioether (sulfide) groups is 1. The van der Waals surface area contributed by atoms with E-state index in [2.05, 4.69) is 27.1 Å². The quantitative estimate of drug-likeness (QED) is 0.264. The molecule has 0 saturated heterocycles. The summed E-state index contributed by atoms with van der Waals surface area (Å²) in [4.78, 5) is 35.0. The topological polar surface area (TPSA) is 98.5 Å². The smallest absolute Gasteiger partial charge is 0.266 e. The van der Waals surface area contributed by atoms with Crippen molar-refractivity contribution in [1.82, 2.24) is 29.3 Å². The summed E-state index contributed by atoms with van der Waals surface area (Å²) in [6.07, 6.45) is 7.78. The molecule has 0 saturated carbocycles. The fourth-order valence-corrected chi connectivity index (χ4v) is 3.98. The predicted octanol–water partition coefficient (Wildman–Crippen LogP) is 3.51. The molecule has 0 aromatic carbocycles. The predicted molar refractivity (Wildman–Crippen MR) is 120 cm³/mol. The Morgan fingerprint density at radius 3 is 2.50 bits per heavy atom. The lowest BCUT2D eigenvalue weighted by molar-refractivity contribution is 0.573. The molecule has 0 spiro atoms. The van der Waals surface area contributed by atoms with Crippen LogP contribution in [-0.2, 0) is 6.54 Å². The summed E-state index contributed by atoms with van der Waals surface area (Å²) in [6, 6.07) is 5.24. The first kappa shape index (κ1) is 20.3. The Bertz CT molecular complexity index is 1310. The molecule has 156 valence electrons. The van der Waals surface area contributed by atoms with E-state index in [1.807, 2.05) is 13.0 Å². The number of fused-ring (bicyclic) bond motifs is 2. The number of rotatable bonds is 8. The van der Waals surface area contributed by atoms with Gasteiger partial charge in [-0.15, -0.1) is 5.10 Å². The first-order valence-corrected chi connectivity index (χ1v) is 11.2. The van der Waals surface area contributed by atoms with Crippen molar-refractivity contribution in [2.24, 2.45) is 0 Å². The number of aryl methyl sites for hydroxylation is 1. The molecule has 30 heavy (non-hydrogen) atoms. The molecule has 4 aromatic heterocycles. The van der Waals surface area contributed by atoms with E-state index in [0.29, 0.717) is 39.5 Å². The fraction of sp³-hybridized carbons (Fsp3) is 0.381. The molecule has 0 radical (unpaired) electrons. The van der Waals surface area contributed by atoms with Crippen LogP contribution in [0.3, 0.4) is 0 Å². The molecule has 0 fully saturated rings. The summed E-state index contributed by atoms with van der Waals surface area (Å²) in [6.45, 7) is 4.84. The number of pyridine rings is 3. The van der Waals surface area contributed by atoms with Crippen LogP contribution < -0.4 is 11.1 Å². The summed E-state index contributed by atoms with van der Waals surface area (Å²) < 4.78 is 3.10. The molecule has 1 N–H and O–H groups in total. The molecular formula is C21H24N6O2S. The minimum absolute atomic E-state index is 0.116. The monoisotopic (exact) mass is 424 g/mol. The summed E-state index contributed by atoms with van der Waals surface area (Å²) in [7, 11) is 0. The normalized spacial score (nSPS) is 11.5. The lowest BCUT2D eigenvalue weighted by Gasteiger charge is -2.08. The molecule has 0 bridgehead atoms. The average molecular weight is 425 g/mol. The number of unbranched alkanes of at least 4 members (excludes halogenated alkanes) is 3. The van der Waals surface area contributed by atoms with Crippen molar-refractivity contribution in [1.29, 1.82) is 0 Å². The molecule has 0 aliphatic rings. The van der Waals surface area contributed by atoms with Crippen molar-refractivity contribution in [2.75, 3.05) is 5.75 Å². The van der Waals surface area contributed by atoms with Gasteiger partial charge in [-0.25, -0.2) is 10.1 Å². The molecule has 0 amide bonds. The van der Waals surface area contributed by atoms with Crippen molar-refractivity contribution in [2.45, 2.75) is 51.2 Å². The van der Waals surface area contributed by atoms with Crippen molar-refractivity contribution in [3.8, 4) is 5.95 Å². The van der Waals surface area contributed by atoms with Gasteiger partial charge in [0.25, 0.3) is 11.1 Å². The highest BCUT2D eigenvalue weighted by molar-refractivity contribution is 7.99. The Morgan fingerprint density at radius 1 is 0.967 bits per heavy atom. The summed E-state index contributed by atoms with van der Waals surface area (Å²) in [5.41, 5.74) is 0.737. The minimum atomic E-state index is -0.288. The first-order chi connectivity index (χ1) is 14.6. The molecule has 4 rings (SSSR count). The second kappa shape index (κ2) is 8.83. The number of H-pyrrole nitrogens is 1. The summed E-state index contributed by atoms with van der Waals surface area (Å²) in [5, 5.41) is 8.34. The Labute approximate surface area is 177 Å². The van der Waals surface area contributed by atoms with Gasteiger partial charge in [0, 0.05) is 18.9 Å². The highest BCUT2D eigenvalue weighted by Gasteiger charge is 2.13. The van der Waals surface area contributed by atoms with Crippen LogP contribution in [0.1, 0.15) is 39.5 Å². The summed E-state index contributed by atoms with van der Waals surface area (Å²) in [5.74, 6) is 1.18. The third-order valence-corrected chi connectivity index (χ3v) is 5.75. The standard InChI is InChI=1S/C21H24N6O2S/c1-3-5-6-7-10-26-11-8-16-14(18(26)28)13-15-17(22-16)9-12-27(19(15)29)20-23-21(25-24-20)30-4-2/h8-9,11-13H,3-7,10H2,1-2H3,(H,23,24,25). The largest absolute Gasteiger partial charge is 0.315 e. The van der Waals surface area contributed by atoms with E-state index in [-0.39, 0.29) is 11.1 Å². The van der Waals surface area contributed by atoms with E-state index in [4.69, 9.17) is 0 Å². The fourth-order valence-electron chi connectivity index (χ4n) is 3.46. The Balaban J connectivity index is 1.77. The van der Waals surface area contributed by atoms with Gasteiger partial charge in [-0.1, -0.05) is 44.9 Å². The first-order valence-electron chi connectivity index (χ1n) is 10.2. The lowest BCUT2D eigenvalue weighted by Crippen LogP contribution is -2.22. The van der Waals surface area contributed by atoms with E-state index in [1.54, 1.807) is 29.1 Å². The van der Waals surface area contributed by atoms with Crippen LogP contribution in [0, 0.1) is 0 Å². The minimum Gasteiger partial charge on any atom is -0.315 e. The molecule has 4 heterocycles. The zero-order valence-electron chi connectivity index (χ0n) is 17.1. The van der Waals surface area contributed by atoms with Crippen LogP contribution in [-0.4, -0.2) is 35.1 Å². The maximum absolute atomic E-state index is 13.1. The molecule has 4 aromatic rings. The van der Waals surface area contributed by atoms with Crippen molar-refractivity contribution >= 4 is 33.6 Å². The maximum atomic E-state index is 13.1. The highest BCUT2D eigenvalue weighted by atomic mass is 32.2. The van der Waals surface area contributed by atoms with Gasteiger partial charge in [-0.3, -0.25) is 14.2 Å². The van der Waals surface area contributed by atoms with Crippen molar-refractivity contribution < 1.29 is 0 Å². The van der Waals surface area contributed by atoms with Gasteiger partial charge >= 0.3 is 0 Å². The third-order valence-electron chi connectivity index (χ3n) is 5.02. The Hall–Kier alpha value is -2.94. The van der Waals surface area contributed by atoms with E-state index in [1.165, 1.54) is 16.3 Å². The Morgan fingerprint density at radius 2 is 1.73 bits per heavy atom. The van der Waals surface area contributed by atoms with Crippen molar-refractivity contribution in [3.63, 3.8) is 0 Å². The SMILES string of the molecule is CCCCCCn1ccc2nc3ccn(-c4nc(SCC)n[nH]4)c(=O)c3cc2c1=O. The number of hydrogen-bond donors (Lipinski definition) is 1. The van der Waals surface area contributed by atoms with Gasteiger partial charge in [0.1, 0.15) is 0 Å². The van der Waals surface area contributed by atoms with Gasteiger partial charge in [0.2, 0.25) is 11.1 Å². The van der Waals surface area contributed by atoms with Gasteiger partial charge in [0.15, 0.2) is 0 Å². The Kier molecular flexibility index (Phi) is 5.98. The van der Waals surface area contributed by atoms with E-state index in [0.717, 1.165) is 31.4 Å². The zero-order valence-corrected chi connectivity index (χ0v) is 17.9. The molecule has 0 aliphatic heterocycles. The lowest BCUT2D eigenvalue weighted by atomic mass is 10.1. The van der Waals surface area contributed by atoms with Crippen LogP contribution in [0.4, 0.5) is 0 Å². The average Bonchev–Trinajstić information content (AvgIpc) is 3.21. The van der Waals surface area contributed by atoms with Crippen LogP contribution in [0.2, 0.25) is 0 Å². The van der Waals surface area contributed by atoms with E-state index < -0.39 is 0 Å². The van der Waals surface area contributed by atoms with Crippen LogP contribution >= 0.6 is 11.8 Å². The zero-order chi connectivity index (χ0) is 21.1. The van der Waals surface area contributed by atoms with Crippen LogP contribution in [0.15, 0.2) is 45.3 Å². The number of nitrogens with one attached hydrogen (secondary N) is 1. The number of nitrogens with zero attached hydrogens (tertiary/aromatic N) is 5. The number of aromatic nitrogens is 6. The van der Waals surface area contributed by atoms with Gasteiger partial charge < -0.3 is 4.57 Å². The van der Waals surface area contributed by atoms with Crippen LogP contribution in [0.5, 0.6) is 0 Å². The molecule has 8 nitrogen and oxygen atoms in total. The van der Waals surface area contributed by atoms with E-state index >= 15 is 0 Å². The van der Waals surface area contributed by atoms with Crippen LogP contribution in [0.25, 0.3) is 27.8 Å². The highest BCUT2D eigenvalue weighted by Crippen LogP contribution is 2.16. The van der Waals surface area contributed by atoms with Gasteiger partial charge in [0.05, 0.1) is 21.8 Å². The third kappa shape index (κ3) is 3.89. The summed E-state index contributed by atoms with van der Waals surface area (Å²) >= 11 is 1.49. The second-order valence-corrected chi connectivity index (χ2v) is 8.33. The van der Waals surface area contributed by atoms with E-state index in [9.17, 15) is 9.59 Å². The maximum Gasteiger partial charge on any atom is 0.266 e. The van der Waals surface area contributed by atoms with Crippen molar-refractivity contribution in [3.05, 3.63) is 51.3 Å². The number of hydrogen-bond acceptors (Lipinski definition) is 6. The second-order valence-electron chi connectivity index (χ2n) is 7.09. The van der Waals surface area contributed by atoms with Gasteiger partial charge in [-0.05, 0) is 30.4 Å². The molecule has 9 heteroatoms. The molecule has 0 aliphatic carbocycles. The molecule has 0 atom stereocenters. The number of aromatic amines is 1. The molecular weight excluding hydrogens is 400 g/mol.